The first-order chi connectivity index (χ1) is 9.19. The first-order valence-electron chi connectivity index (χ1n) is 5.72. The molecule has 0 aromatic carbocycles. The van der Waals surface area contributed by atoms with Gasteiger partial charge in [-0.2, -0.15) is 15.0 Å². The lowest BCUT2D eigenvalue weighted by atomic mass is 10.3. The third kappa shape index (κ3) is 3.49. The Balaban J connectivity index is 2.13. The van der Waals surface area contributed by atoms with Crippen LogP contribution >= 0.6 is 0 Å². The summed E-state index contributed by atoms with van der Waals surface area (Å²) in [5.41, 5.74) is 3.51. The van der Waals surface area contributed by atoms with Gasteiger partial charge in [0.05, 0.1) is 0 Å². The second kappa shape index (κ2) is 5.91. The quantitative estimate of drug-likeness (QED) is 0.518. The second-order valence-corrected chi connectivity index (χ2v) is 4.03. The van der Waals surface area contributed by atoms with Gasteiger partial charge in [0, 0.05) is 33.0 Å². The maximum absolute atomic E-state index is 5.34. The van der Waals surface area contributed by atoms with Crippen LogP contribution in [0.1, 0.15) is 5.56 Å². The van der Waals surface area contributed by atoms with Gasteiger partial charge in [0.25, 0.3) is 0 Å². The number of nitrogens with one attached hydrogen (secondary N) is 2. The maximum Gasteiger partial charge on any atom is 0.243 e. The summed E-state index contributed by atoms with van der Waals surface area (Å²) in [6, 6.07) is 3.84. The highest BCUT2D eigenvalue weighted by Crippen LogP contribution is 2.11. The van der Waals surface area contributed by atoms with Crippen LogP contribution < -0.4 is 21.5 Å². The van der Waals surface area contributed by atoms with Crippen molar-refractivity contribution in [2.24, 2.45) is 5.84 Å². The van der Waals surface area contributed by atoms with Crippen LogP contribution in [0, 0.1) is 0 Å². The van der Waals surface area contributed by atoms with E-state index >= 15 is 0 Å². The Morgan fingerprint density at radius 1 is 1.11 bits per heavy atom. The van der Waals surface area contributed by atoms with E-state index < -0.39 is 0 Å². The van der Waals surface area contributed by atoms with Crippen molar-refractivity contribution in [3.05, 3.63) is 30.1 Å². The molecule has 2 aromatic heterocycles. The molecular weight excluding hydrogens is 244 g/mol. The summed E-state index contributed by atoms with van der Waals surface area (Å²) < 4.78 is 0. The molecule has 0 saturated carbocycles. The molecule has 19 heavy (non-hydrogen) atoms. The number of hydrogen-bond donors (Lipinski definition) is 3. The van der Waals surface area contributed by atoms with Gasteiger partial charge in [-0.05, 0) is 17.7 Å². The molecule has 0 amide bonds. The van der Waals surface area contributed by atoms with E-state index in [4.69, 9.17) is 5.84 Å². The van der Waals surface area contributed by atoms with Gasteiger partial charge in [0.1, 0.15) is 0 Å². The number of hydrogen-bond acceptors (Lipinski definition) is 8. The summed E-state index contributed by atoms with van der Waals surface area (Å²) in [5.74, 6) is 6.64. The summed E-state index contributed by atoms with van der Waals surface area (Å²) in [7, 11) is 3.70. The fourth-order valence-corrected chi connectivity index (χ4v) is 1.39. The normalized spacial score (nSPS) is 10.1. The molecule has 2 aromatic rings. The van der Waals surface area contributed by atoms with Gasteiger partial charge in [0.2, 0.25) is 17.8 Å². The summed E-state index contributed by atoms with van der Waals surface area (Å²) in [5, 5.41) is 3.12. The fourth-order valence-electron chi connectivity index (χ4n) is 1.39. The molecule has 0 radical (unpaired) electrons. The first kappa shape index (κ1) is 13.0. The van der Waals surface area contributed by atoms with Crippen molar-refractivity contribution < 1.29 is 0 Å². The van der Waals surface area contributed by atoms with E-state index in [2.05, 4.69) is 30.7 Å². The topological polar surface area (TPSA) is 105 Å². The van der Waals surface area contributed by atoms with Gasteiger partial charge in [-0.25, -0.2) is 5.84 Å². The summed E-state index contributed by atoms with van der Waals surface area (Å²) in [6.45, 7) is 0.601. The Kier molecular flexibility index (Phi) is 4.04. The van der Waals surface area contributed by atoms with Crippen LogP contribution in [0.2, 0.25) is 0 Å². The molecule has 0 unspecified atom stereocenters. The van der Waals surface area contributed by atoms with Gasteiger partial charge in [0.15, 0.2) is 0 Å². The zero-order chi connectivity index (χ0) is 13.7. The Bertz CT molecular complexity index is 527. The lowest BCUT2D eigenvalue weighted by Crippen LogP contribution is -2.19. The van der Waals surface area contributed by atoms with E-state index in [9.17, 15) is 0 Å². The van der Waals surface area contributed by atoms with E-state index in [0.717, 1.165) is 5.56 Å². The van der Waals surface area contributed by atoms with E-state index in [-0.39, 0.29) is 0 Å². The van der Waals surface area contributed by atoms with Crippen molar-refractivity contribution in [3.63, 3.8) is 0 Å². The van der Waals surface area contributed by atoms with Crippen molar-refractivity contribution in [2.75, 3.05) is 29.7 Å². The molecule has 8 nitrogen and oxygen atoms in total. The van der Waals surface area contributed by atoms with Crippen LogP contribution in [0.4, 0.5) is 17.8 Å². The highest BCUT2D eigenvalue weighted by molar-refractivity contribution is 5.42. The van der Waals surface area contributed by atoms with E-state index in [1.807, 2.05) is 26.2 Å². The standard InChI is InChI=1S/C11H16N8/c1-19(2)11-16-9(15-10(17-11)18-12)14-7-8-3-5-13-6-4-8/h3-6H,7,12H2,1-2H3,(H2,14,15,16,17,18). The number of anilines is 3. The van der Waals surface area contributed by atoms with Crippen LogP contribution in [0.3, 0.4) is 0 Å². The van der Waals surface area contributed by atoms with Crippen molar-refractivity contribution >= 4 is 17.8 Å². The summed E-state index contributed by atoms with van der Waals surface area (Å²) in [4.78, 5) is 18.3. The molecule has 0 atom stereocenters. The van der Waals surface area contributed by atoms with Gasteiger partial charge >= 0.3 is 0 Å². The number of nitrogens with two attached hydrogens (primary N) is 1. The average molecular weight is 260 g/mol. The molecule has 0 fully saturated rings. The van der Waals surface area contributed by atoms with Gasteiger partial charge < -0.3 is 10.2 Å². The zero-order valence-electron chi connectivity index (χ0n) is 10.8. The van der Waals surface area contributed by atoms with Crippen LogP contribution in [-0.4, -0.2) is 34.0 Å². The molecular formula is C11H16N8. The number of hydrazine groups is 1. The largest absolute Gasteiger partial charge is 0.350 e. The van der Waals surface area contributed by atoms with Crippen LogP contribution in [0.15, 0.2) is 24.5 Å². The van der Waals surface area contributed by atoms with Gasteiger partial charge in [-0.15, -0.1) is 0 Å². The van der Waals surface area contributed by atoms with Gasteiger partial charge in [-0.3, -0.25) is 10.4 Å². The lowest BCUT2D eigenvalue weighted by molar-refractivity contribution is 0.938. The third-order valence-corrected chi connectivity index (χ3v) is 2.35. The molecule has 100 valence electrons. The molecule has 2 rings (SSSR count). The number of nitrogen functional groups attached to an aromatic ring is 1. The Morgan fingerprint density at radius 2 is 1.79 bits per heavy atom. The predicted molar refractivity (Wildman–Crippen MR) is 73.5 cm³/mol. The highest BCUT2D eigenvalue weighted by atomic mass is 15.4. The maximum atomic E-state index is 5.34. The highest BCUT2D eigenvalue weighted by Gasteiger charge is 2.07. The van der Waals surface area contributed by atoms with E-state index in [1.165, 1.54) is 0 Å². The third-order valence-electron chi connectivity index (χ3n) is 2.35. The molecule has 0 aliphatic heterocycles. The molecule has 0 bridgehead atoms. The molecule has 0 aliphatic rings. The second-order valence-electron chi connectivity index (χ2n) is 4.03. The van der Waals surface area contributed by atoms with Crippen molar-refractivity contribution in [3.8, 4) is 0 Å². The smallest absolute Gasteiger partial charge is 0.243 e. The SMILES string of the molecule is CN(C)c1nc(NN)nc(NCc2ccncc2)n1. The zero-order valence-corrected chi connectivity index (χ0v) is 10.8. The average Bonchev–Trinajstić information content (AvgIpc) is 2.45. The van der Waals surface area contributed by atoms with Crippen LogP contribution in [0.5, 0.6) is 0 Å². The van der Waals surface area contributed by atoms with Crippen molar-refractivity contribution in [1.82, 2.24) is 19.9 Å². The number of nitrogens with zero attached hydrogens (tertiary/aromatic N) is 5. The minimum absolute atomic E-state index is 0.316. The summed E-state index contributed by atoms with van der Waals surface area (Å²) in [6.07, 6.45) is 3.48. The monoisotopic (exact) mass is 260 g/mol. The number of pyridine rings is 1. The molecule has 0 spiro atoms. The Labute approximate surface area is 111 Å². The fraction of sp³-hybridized carbons (Fsp3) is 0.273. The minimum atomic E-state index is 0.316. The first-order valence-corrected chi connectivity index (χ1v) is 5.72. The lowest BCUT2D eigenvalue weighted by Gasteiger charge is -2.13. The Morgan fingerprint density at radius 3 is 2.42 bits per heavy atom. The van der Waals surface area contributed by atoms with Crippen molar-refractivity contribution in [1.29, 1.82) is 0 Å². The summed E-state index contributed by atoms with van der Waals surface area (Å²) >= 11 is 0. The van der Waals surface area contributed by atoms with Gasteiger partial charge in [-0.1, -0.05) is 0 Å². The van der Waals surface area contributed by atoms with E-state index in [0.29, 0.717) is 24.4 Å². The molecule has 2 heterocycles. The molecule has 4 N–H and O–H groups in total. The van der Waals surface area contributed by atoms with Crippen LogP contribution in [0.25, 0.3) is 0 Å². The van der Waals surface area contributed by atoms with Crippen molar-refractivity contribution in [2.45, 2.75) is 6.54 Å². The molecule has 0 saturated heterocycles. The minimum Gasteiger partial charge on any atom is -0.350 e. The molecule has 8 heteroatoms. The molecule has 0 aliphatic carbocycles. The van der Waals surface area contributed by atoms with Crippen LogP contribution in [-0.2, 0) is 6.54 Å². The number of aromatic nitrogens is 4. The van der Waals surface area contributed by atoms with E-state index in [1.54, 1.807) is 17.3 Å². The number of rotatable bonds is 5. The Hall–Kier alpha value is -2.48. The predicted octanol–water partition coefficient (Wildman–Crippen LogP) is 0.230.